The summed E-state index contributed by atoms with van der Waals surface area (Å²) < 4.78 is 3.76. The topological polar surface area (TPSA) is 83.4 Å². The first kappa shape index (κ1) is 13.7. The minimum atomic E-state index is -0.917. The zero-order valence-corrected chi connectivity index (χ0v) is 12.1. The lowest BCUT2D eigenvalue weighted by Crippen LogP contribution is -2.40. The maximum atomic E-state index is 12.5. The van der Waals surface area contributed by atoms with Crippen LogP contribution in [0.3, 0.4) is 0 Å². The van der Waals surface area contributed by atoms with Gasteiger partial charge in [-0.05, 0) is 29.6 Å². The van der Waals surface area contributed by atoms with Crippen molar-refractivity contribution in [2.45, 2.75) is 19.4 Å². The Balaban J connectivity index is 1.95. The van der Waals surface area contributed by atoms with Gasteiger partial charge in [-0.25, -0.2) is 0 Å². The van der Waals surface area contributed by atoms with Gasteiger partial charge in [0.2, 0.25) is 0 Å². The van der Waals surface area contributed by atoms with E-state index < -0.39 is 11.9 Å². The summed E-state index contributed by atoms with van der Waals surface area (Å²) in [5.41, 5.74) is 2.24. The van der Waals surface area contributed by atoms with Gasteiger partial charge in [-0.1, -0.05) is 28.8 Å². The minimum Gasteiger partial charge on any atom is -0.481 e. The van der Waals surface area contributed by atoms with Crippen LogP contribution in [0.1, 0.15) is 32.4 Å². The summed E-state index contributed by atoms with van der Waals surface area (Å²) in [7, 11) is 0. The fourth-order valence-corrected chi connectivity index (χ4v) is 3.17. The Kier molecular flexibility index (Phi) is 3.42. The SMILES string of the molecule is Cc1nnsc1C(=O)N1Cc2ccccc2C(C(=O)O)C1. The van der Waals surface area contributed by atoms with E-state index >= 15 is 0 Å². The van der Waals surface area contributed by atoms with Crippen LogP contribution in [0.15, 0.2) is 24.3 Å². The van der Waals surface area contributed by atoms with E-state index in [1.807, 2.05) is 24.3 Å². The molecule has 0 spiro atoms. The molecule has 0 fully saturated rings. The van der Waals surface area contributed by atoms with Crippen LogP contribution in [0.25, 0.3) is 0 Å². The van der Waals surface area contributed by atoms with Gasteiger partial charge < -0.3 is 10.0 Å². The third kappa shape index (κ3) is 2.40. The zero-order chi connectivity index (χ0) is 15.0. The van der Waals surface area contributed by atoms with Crippen molar-refractivity contribution in [1.82, 2.24) is 14.5 Å². The van der Waals surface area contributed by atoms with Crippen LogP contribution in [0.4, 0.5) is 0 Å². The molecule has 1 amide bonds. The average Bonchev–Trinajstić information content (AvgIpc) is 2.91. The number of rotatable bonds is 2. The Bertz CT molecular complexity index is 713. The number of carbonyl (C=O) groups is 2. The molecule has 1 aromatic heterocycles. The Morgan fingerprint density at radius 1 is 1.38 bits per heavy atom. The van der Waals surface area contributed by atoms with Gasteiger partial charge in [-0.2, -0.15) is 0 Å². The van der Waals surface area contributed by atoms with E-state index in [0.29, 0.717) is 17.1 Å². The molecule has 7 heteroatoms. The first-order valence-electron chi connectivity index (χ1n) is 6.46. The standard InChI is InChI=1S/C14H13N3O3S/c1-8-12(21-16-15-8)13(18)17-6-9-4-2-3-5-10(9)11(7-17)14(19)20/h2-5,11H,6-7H2,1H3,(H,19,20). The average molecular weight is 303 g/mol. The molecule has 1 aliphatic heterocycles. The van der Waals surface area contributed by atoms with Crippen molar-refractivity contribution in [2.24, 2.45) is 0 Å². The molecule has 21 heavy (non-hydrogen) atoms. The molecule has 1 aromatic carbocycles. The lowest BCUT2D eigenvalue weighted by Gasteiger charge is -2.32. The highest BCUT2D eigenvalue weighted by Gasteiger charge is 2.33. The summed E-state index contributed by atoms with van der Waals surface area (Å²) in [6.45, 7) is 2.31. The van der Waals surface area contributed by atoms with E-state index in [1.165, 1.54) is 0 Å². The normalized spacial score (nSPS) is 17.4. The Morgan fingerprint density at radius 3 is 2.81 bits per heavy atom. The van der Waals surface area contributed by atoms with Crippen molar-refractivity contribution in [2.75, 3.05) is 6.54 Å². The second-order valence-corrected chi connectivity index (χ2v) is 5.72. The molecule has 1 atom stereocenters. The molecule has 0 aliphatic carbocycles. The number of aliphatic carboxylic acids is 1. The van der Waals surface area contributed by atoms with Crippen LogP contribution in [-0.4, -0.2) is 38.0 Å². The molecule has 108 valence electrons. The highest BCUT2D eigenvalue weighted by atomic mass is 32.1. The number of amides is 1. The fourth-order valence-electron chi connectivity index (χ4n) is 2.54. The second kappa shape index (κ2) is 5.25. The zero-order valence-electron chi connectivity index (χ0n) is 11.3. The van der Waals surface area contributed by atoms with Crippen molar-refractivity contribution < 1.29 is 14.7 Å². The molecule has 6 nitrogen and oxygen atoms in total. The molecular weight excluding hydrogens is 290 g/mol. The van der Waals surface area contributed by atoms with E-state index in [2.05, 4.69) is 9.59 Å². The molecule has 1 N–H and O–H groups in total. The van der Waals surface area contributed by atoms with Crippen LogP contribution in [0.5, 0.6) is 0 Å². The molecule has 2 aromatic rings. The van der Waals surface area contributed by atoms with Gasteiger partial charge in [0.05, 0.1) is 11.6 Å². The first-order valence-corrected chi connectivity index (χ1v) is 7.24. The molecule has 1 aliphatic rings. The third-order valence-corrected chi connectivity index (χ3v) is 4.44. The summed E-state index contributed by atoms with van der Waals surface area (Å²) in [6.07, 6.45) is 0. The number of benzene rings is 1. The highest BCUT2D eigenvalue weighted by Crippen LogP contribution is 2.30. The smallest absolute Gasteiger partial charge is 0.312 e. The number of hydrogen-bond donors (Lipinski definition) is 1. The summed E-state index contributed by atoms with van der Waals surface area (Å²) in [5, 5.41) is 13.2. The van der Waals surface area contributed by atoms with Crippen molar-refractivity contribution in [1.29, 1.82) is 0 Å². The molecule has 3 rings (SSSR count). The highest BCUT2D eigenvalue weighted by molar-refractivity contribution is 7.07. The summed E-state index contributed by atoms with van der Waals surface area (Å²) in [6, 6.07) is 7.35. The maximum absolute atomic E-state index is 12.5. The quantitative estimate of drug-likeness (QED) is 0.912. The van der Waals surface area contributed by atoms with E-state index in [1.54, 1.807) is 11.8 Å². The minimum absolute atomic E-state index is 0.169. The predicted molar refractivity (Wildman–Crippen MR) is 76.2 cm³/mol. The van der Waals surface area contributed by atoms with E-state index in [-0.39, 0.29) is 12.5 Å². The number of hydrogen-bond acceptors (Lipinski definition) is 5. The largest absolute Gasteiger partial charge is 0.481 e. The molecule has 0 radical (unpaired) electrons. The molecule has 2 heterocycles. The van der Waals surface area contributed by atoms with Crippen LogP contribution in [0, 0.1) is 6.92 Å². The van der Waals surface area contributed by atoms with Crippen LogP contribution in [0.2, 0.25) is 0 Å². The first-order chi connectivity index (χ1) is 10.1. The van der Waals surface area contributed by atoms with Crippen molar-refractivity contribution in [3.63, 3.8) is 0 Å². The number of aryl methyl sites for hydroxylation is 1. The number of aromatic nitrogens is 2. The van der Waals surface area contributed by atoms with Gasteiger partial charge >= 0.3 is 5.97 Å². The van der Waals surface area contributed by atoms with E-state index in [0.717, 1.165) is 22.7 Å². The molecular formula is C14H13N3O3S. The van der Waals surface area contributed by atoms with Gasteiger partial charge in [0.15, 0.2) is 0 Å². The van der Waals surface area contributed by atoms with Gasteiger partial charge in [-0.15, -0.1) is 5.10 Å². The maximum Gasteiger partial charge on any atom is 0.312 e. The van der Waals surface area contributed by atoms with Gasteiger partial charge in [0, 0.05) is 13.1 Å². The molecule has 0 saturated heterocycles. The number of nitrogens with zero attached hydrogens (tertiary/aromatic N) is 3. The van der Waals surface area contributed by atoms with Crippen molar-refractivity contribution in [3.05, 3.63) is 46.0 Å². The fraction of sp³-hybridized carbons (Fsp3) is 0.286. The molecule has 0 bridgehead atoms. The Labute approximate surface area is 125 Å². The monoisotopic (exact) mass is 303 g/mol. The number of fused-ring (bicyclic) bond motifs is 1. The third-order valence-electron chi connectivity index (χ3n) is 3.63. The van der Waals surface area contributed by atoms with Crippen molar-refractivity contribution in [3.8, 4) is 0 Å². The number of carboxylic acid groups (broad SMARTS) is 1. The lowest BCUT2D eigenvalue weighted by molar-refractivity contribution is -0.139. The van der Waals surface area contributed by atoms with Gasteiger partial charge in [-0.3, -0.25) is 9.59 Å². The summed E-state index contributed by atoms with van der Waals surface area (Å²) in [5.74, 6) is -1.82. The molecule has 0 saturated carbocycles. The van der Waals surface area contributed by atoms with Crippen LogP contribution < -0.4 is 0 Å². The van der Waals surface area contributed by atoms with Gasteiger partial charge in [0.1, 0.15) is 4.88 Å². The Hall–Kier alpha value is -2.28. The van der Waals surface area contributed by atoms with Crippen molar-refractivity contribution >= 4 is 23.4 Å². The summed E-state index contributed by atoms with van der Waals surface area (Å²) >= 11 is 1.04. The predicted octanol–water partition coefficient (Wildman–Crippen LogP) is 1.67. The summed E-state index contributed by atoms with van der Waals surface area (Å²) in [4.78, 5) is 26.0. The van der Waals surface area contributed by atoms with Crippen LogP contribution in [-0.2, 0) is 11.3 Å². The van der Waals surface area contributed by atoms with E-state index in [9.17, 15) is 14.7 Å². The van der Waals surface area contributed by atoms with Gasteiger partial charge in [0.25, 0.3) is 5.91 Å². The second-order valence-electron chi connectivity index (χ2n) is 4.96. The van der Waals surface area contributed by atoms with Crippen LogP contribution >= 0.6 is 11.5 Å². The Morgan fingerprint density at radius 2 is 2.14 bits per heavy atom. The number of carbonyl (C=O) groups excluding carboxylic acids is 1. The number of carboxylic acids is 1. The lowest BCUT2D eigenvalue weighted by atomic mass is 9.89. The molecule has 1 unspecified atom stereocenters. The van der Waals surface area contributed by atoms with E-state index in [4.69, 9.17) is 0 Å².